The van der Waals surface area contributed by atoms with E-state index < -0.39 is 6.98 Å². The Hall–Kier alpha value is -1.75. The molecule has 0 aliphatic carbocycles. The lowest BCUT2D eigenvalue weighted by Crippen LogP contribution is -2.17. The van der Waals surface area contributed by atoms with Crippen LogP contribution in [0.15, 0.2) is 54.6 Å². The normalized spacial score (nSPS) is 13.8. The third-order valence-electron chi connectivity index (χ3n) is 3.22. The van der Waals surface area contributed by atoms with Gasteiger partial charge in [0, 0.05) is 22.6 Å². The van der Waals surface area contributed by atoms with Gasteiger partial charge in [0.25, 0.3) is 0 Å². The number of nitrogens with zero attached hydrogens (tertiary/aromatic N) is 1. The fraction of sp³-hybridized carbons (Fsp3) is 0.333. The van der Waals surface area contributed by atoms with Crippen molar-refractivity contribution in [1.82, 2.24) is 4.90 Å². The zero-order valence-corrected chi connectivity index (χ0v) is 14.8. The fourth-order valence-electron chi connectivity index (χ4n) is 2.20. The molecule has 0 saturated heterocycles. The van der Waals surface area contributed by atoms with Crippen LogP contribution in [-0.4, -0.2) is 18.4 Å². The van der Waals surface area contributed by atoms with E-state index in [1.807, 2.05) is 69.3 Å². The molecule has 0 amide bonds. The SMILES string of the molecule is Cl.[2H]C([2H])([2H])N(C/C=C/C#CC(C)(C)C)Cc1cccc2ccccc12. The van der Waals surface area contributed by atoms with Gasteiger partial charge < -0.3 is 0 Å². The van der Waals surface area contributed by atoms with Gasteiger partial charge in [0.15, 0.2) is 0 Å². The second-order valence-corrected chi connectivity index (χ2v) is 6.44. The molecule has 122 valence electrons. The highest BCUT2D eigenvalue weighted by Gasteiger charge is 2.03. The van der Waals surface area contributed by atoms with Crippen LogP contribution in [0.3, 0.4) is 0 Å². The maximum atomic E-state index is 7.82. The Bertz CT molecular complexity index is 802. The number of hydrogen-bond acceptors (Lipinski definition) is 1. The highest BCUT2D eigenvalue weighted by atomic mass is 35.5. The first-order valence-corrected chi connectivity index (χ1v) is 7.56. The second-order valence-electron chi connectivity index (χ2n) is 6.44. The van der Waals surface area contributed by atoms with E-state index in [4.69, 9.17) is 4.11 Å². The first kappa shape index (κ1) is 14.8. The van der Waals surface area contributed by atoms with Crippen LogP contribution in [0.1, 0.15) is 30.4 Å². The van der Waals surface area contributed by atoms with Gasteiger partial charge in [-0.25, -0.2) is 0 Å². The van der Waals surface area contributed by atoms with Crippen molar-refractivity contribution < 1.29 is 4.11 Å². The number of rotatable bonds is 4. The molecule has 0 N–H and O–H groups in total. The van der Waals surface area contributed by atoms with Crippen molar-refractivity contribution in [3.05, 3.63) is 60.2 Å². The monoisotopic (exact) mass is 330 g/mol. The first-order chi connectivity index (χ1) is 11.7. The number of fused-ring (bicyclic) bond motifs is 1. The van der Waals surface area contributed by atoms with Crippen molar-refractivity contribution in [3.8, 4) is 11.8 Å². The number of benzene rings is 2. The molecule has 0 atom stereocenters. The molecule has 2 aromatic rings. The zero-order valence-electron chi connectivity index (χ0n) is 17.0. The van der Waals surface area contributed by atoms with Gasteiger partial charge in [-0.15, -0.1) is 12.4 Å². The number of likely N-dealkylation sites (N-methyl/N-ethyl adjacent to an activating group) is 1. The van der Waals surface area contributed by atoms with E-state index in [1.165, 1.54) is 4.90 Å². The number of allylic oxidation sites excluding steroid dienone is 1. The van der Waals surface area contributed by atoms with Crippen LogP contribution in [0, 0.1) is 17.3 Å². The predicted octanol–water partition coefficient (Wildman–Crippen LogP) is 5.30. The minimum Gasteiger partial charge on any atom is -0.298 e. The van der Waals surface area contributed by atoms with Gasteiger partial charge in [-0.3, -0.25) is 4.90 Å². The van der Waals surface area contributed by atoms with Crippen LogP contribution in [0.2, 0.25) is 0 Å². The molecule has 0 unspecified atom stereocenters. The van der Waals surface area contributed by atoms with E-state index in [9.17, 15) is 0 Å². The van der Waals surface area contributed by atoms with Gasteiger partial charge in [-0.1, -0.05) is 60.4 Å². The minimum absolute atomic E-state index is 0. The summed E-state index contributed by atoms with van der Waals surface area (Å²) >= 11 is 0. The average molecular weight is 331 g/mol. The second kappa shape index (κ2) is 8.77. The molecule has 0 heterocycles. The van der Waals surface area contributed by atoms with Crippen molar-refractivity contribution in [2.75, 3.05) is 13.5 Å². The van der Waals surface area contributed by atoms with Crippen LogP contribution < -0.4 is 0 Å². The fourth-order valence-corrected chi connectivity index (χ4v) is 2.20. The van der Waals surface area contributed by atoms with Crippen LogP contribution in [0.5, 0.6) is 0 Å². The van der Waals surface area contributed by atoms with Crippen LogP contribution >= 0.6 is 12.4 Å². The maximum absolute atomic E-state index is 7.82. The molecule has 0 aliphatic heterocycles. The first-order valence-electron chi connectivity index (χ1n) is 9.06. The summed E-state index contributed by atoms with van der Waals surface area (Å²) in [7, 11) is 0. The van der Waals surface area contributed by atoms with E-state index in [2.05, 4.69) is 11.8 Å². The van der Waals surface area contributed by atoms with Gasteiger partial charge in [0.1, 0.15) is 0 Å². The molecule has 2 rings (SSSR count). The Morgan fingerprint density at radius 3 is 2.61 bits per heavy atom. The summed E-state index contributed by atoms with van der Waals surface area (Å²) in [4.78, 5) is 1.49. The van der Waals surface area contributed by atoms with Gasteiger partial charge in [0.2, 0.25) is 0 Å². The number of hydrogen-bond donors (Lipinski definition) is 0. The van der Waals surface area contributed by atoms with Crippen molar-refractivity contribution >= 4 is 23.2 Å². The molecular weight excluding hydrogens is 302 g/mol. The highest BCUT2D eigenvalue weighted by molar-refractivity contribution is 5.85. The molecule has 0 aliphatic rings. The van der Waals surface area contributed by atoms with Gasteiger partial charge in [-0.2, -0.15) is 0 Å². The van der Waals surface area contributed by atoms with Crippen molar-refractivity contribution in [2.24, 2.45) is 5.41 Å². The lowest BCUT2D eigenvalue weighted by molar-refractivity contribution is 0.365. The zero-order chi connectivity index (χ0) is 18.5. The third kappa shape index (κ3) is 6.48. The van der Waals surface area contributed by atoms with Gasteiger partial charge in [-0.05, 0) is 50.2 Å². The smallest absolute Gasteiger partial charge is 0.0394 e. The molecule has 23 heavy (non-hydrogen) atoms. The molecule has 0 aromatic heterocycles. The quantitative estimate of drug-likeness (QED) is 0.688. The van der Waals surface area contributed by atoms with E-state index in [0.29, 0.717) is 13.1 Å². The molecular formula is C21H26ClN. The lowest BCUT2D eigenvalue weighted by atomic mass is 9.98. The topological polar surface area (TPSA) is 3.24 Å². The Labute approximate surface area is 151 Å². The van der Waals surface area contributed by atoms with Crippen LogP contribution in [-0.2, 0) is 6.54 Å². The average Bonchev–Trinajstić information content (AvgIpc) is 2.51. The summed E-state index contributed by atoms with van der Waals surface area (Å²) in [5, 5.41) is 2.22. The van der Waals surface area contributed by atoms with Crippen LogP contribution in [0.25, 0.3) is 10.8 Å². The highest BCUT2D eigenvalue weighted by Crippen LogP contribution is 2.19. The molecule has 0 fully saturated rings. The number of halogens is 1. The summed E-state index contributed by atoms with van der Waals surface area (Å²) in [5.74, 6) is 6.10. The molecule has 0 radical (unpaired) electrons. The van der Waals surface area contributed by atoms with Crippen molar-refractivity contribution in [2.45, 2.75) is 27.3 Å². The third-order valence-corrected chi connectivity index (χ3v) is 3.22. The van der Waals surface area contributed by atoms with E-state index >= 15 is 0 Å². The summed E-state index contributed by atoms with van der Waals surface area (Å²) in [6.07, 6.45) is 3.56. The maximum Gasteiger partial charge on any atom is 0.0394 e. The summed E-state index contributed by atoms with van der Waals surface area (Å²) in [6, 6.07) is 14.1. The van der Waals surface area contributed by atoms with E-state index in [1.54, 1.807) is 6.08 Å². The van der Waals surface area contributed by atoms with Gasteiger partial charge in [0.05, 0.1) is 0 Å². The Morgan fingerprint density at radius 2 is 1.87 bits per heavy atom. The van der Waals surface area contributed by atoms with Crippen molar-refractivity contribution in [1.29, 1.82) is 0 Å². The molecule has 0 saturated carbocycles. The molecule has 0 bridgehead atoms. The molecule has 2 heteroatoms. The van der Waals surface area contributed by atoms with E-state index in [0.717, 1.165) is 16.3 Å². The summed E-state index contributed by atoms with van der Waals surface area (Å²) in [6.45, 7) is 4.68. The van der Waals surface area contributed by atoms with E-state index in [-0.39, 0.29) is 17.8 Å². The predicted molar refractivity (Wildman–Crippen MR) is 104 cm³/mol. The van der Waals surface area contributed by atoms with Crippen LogP contribution in [0.4, 0.5) is 0 Å². The Morgan fingerprint density at radius 1 is 1.13 bits per heavy atom. The summed E-state index contributed by atoms with van der Waals surface area (Å²) in [5.41, 5.74) is 0.959. The standard InChI is InChI=1S/C21H25N.ClH/c1-21(2,3)15-8-5-9-16-22(4)17-19-13-10-12-18-11-6-7-14-20(18)19;/h5-7,9-14H,16-17H2,1-4H3;1H/b9-5+;/i4D3;. The molecule has 2 aromatic carbocycles. The largest absolute Gasteiger partial charge is 0.298 e. The lowest BCUT2D eigenvalue weighted by Gasteiger charge is -2.15. The molecule has 1 nitrogen and oxygen atoms in total. The Kier molecular flexibility index (Phi) is 5.65. The summed E-state index contributed by atoms with van der Waals surface area (Å²) < 4.78 is 23.4. The minimum atomic E-state index is -2.15. The molecule has 0 spiro atoms. The van der Waals surface area contributed by atoms with Gasteiger partial charge >= 0.3 is 0 Å². The van der Waals surface area contributed by atoms with Crippen molar-refractivity contribution in [3.63, 3.8) is 0 Å². The Balaban J connectivity index is 0.00000338.